The number of nitrogens with zero attached hydrogens (tertiary/aromatic N) is 2. The fourth-order valence-corrected chi connectivity index (χ4v) is 4.56. The van der Waals surface area contributed by atoms with Crippen molar-refractivity contribution in [3.63, 3.8) is 0 Å². The fraction of sp³-hybridized carbons (Fsp3) is 0.375. The van der Waals surface area contributed by atoms with Gasteiger partial charge in [-0.1, -0.05) is 42.5 Å². The zero-order chi connectivity index (χ0) is 28.9. The van der Waals surface area contributed by atoms with E-state index in [9.17, 15) is 14.0 Å². The van der Waals surface area contributed by atoms with Crippen LogP contribution in [0.25, 0.3) is 0 Å². The number of benzene rings is 3. The lowest BCUT2D eigenvalue weighted by Crippen LogP contribution is -2.52. The molecule has 0 radical (unpaired) electrons. The maximum Gasteiger partial charge on any atom is 0.234 e. The van der Waals surface area contributed by atoms with E-state index in [1.54, 1.807) is 31.4 Å². The number of Topliss-reactive ketones (excluding diaryl/α,β-unsaturated/α-hetero) is 1. The lowest BCUT2D eigenvalue weighted by Gasteiger charge is -2.34. The highest BCUT2D eigenvalue weighted by molar-refractivity contribution is 5.91. The van der Waals surface area contributed by atoms with Crippen LogP contribution in [0.1, 0.15) is 11.1 Å². The Hall–Kier alpha value is -3.63. The molecule has 0 aliphatic carbocycles. The Morgan fingerprint density at radius 1 is 0.854 bits per heavy atom. The van der Waals surface area contributed by atoms with E-state index in [2.05, 4.69) is 15.1 Å². The molecule has 1 amide bonds. The van der Waals surface area contributed by atoms with Crippen LogP contribution in [0, 0.1) is 5.82 Å². The third-order valence-electron chi connectivity index (χ3n) is 6.91. The number of ketones is 1. The Labute approximate surface area is 241 Å². The Kier molecular flexibility index (Phi) is 11.8. The van der Waals surface area contributed by atoms with Gasteiger partial charge in [0.1, 0.15) is 23.4 Å². The number of nitrogens with one attached hydrogen (secondary N) is 1. The van der Waals surface area contributed by atoms with Crippen LogP contribution >= 0.6 is 0 Å². The molecule has 0 aromatic heterocycles. The summed E-state index contributed by atoms with van der Waals surface area (Å²) >= 11 is 0. The number of rotatable bonds is 15. The van der Waals surface area contributed by atoms with Crippen LogP contribution in [0.5, 0.6) is 11.5 Å². The number of halogens is 1. The first kappa shape index (κ1) is 30.3. The number of piperazine rings is 1. The molecule has 1 aliphatic heterocycles. The second kappa shape index (κ2) is 16.0. The predicted molar refractivity (Wildman–Crippen MR) is 154 cm³/mol. The molecule has 4 rings (SSSR count). The minimum Gasteiger partial charge on any atom is -0.457 e. The summed E-state index contributed by atoms with van der Waals surface area (Å²) in [6, 6.07) is 21.8. The molecule has 9 heteroatoms. The molecule has 3 aromatic carbocycles. The molecule has 1 N–H and O–H groups in total. The van der Waals surface area contributed by atoms with E-state index in [0.717, 1.165) is 43.9 Å². The molecule has 0 saturated carbocycles. The van der Waals surface area contributed by atoms with E-state index in [-0.39, 0.29) is 37.1 Å². The van der Waals surface area contributed by atoms with Gasteiger partial charge in [-0.05, 0) is 47.5 Å². The quantitative estimate of drug-likeness (QED) is 0.302. The minimum absolute atomic E-state index is 0.0794. The monoisotopic (exact) mass is 563 g/mol. The molecule has 1 fully saturated rings. The average Bonchev–Trinajstić information content (AvgIpc) is 2.99. The third-order valence-corrected chi connectivity index (χ3v) is 6.91. The second-order valence-corrected chi connectivity index (χ2v) is 10.1. The SMILES string of the molecule is COCCN1CCN(CC(=O)N[C@@H](COCc2ccccc2)C(=O)Cc2ccc(Oc3ccc(F)cc3)cc2)CC1. The normalized spacial score (nSPS) is 14.9. The van der Waals surface area contributed by atoms with Crippen LogP contribution in [0.4, 0.5) is 4.39 Å². The van der Waals surface area contributed by atoms with E-state index in [4.69, 9.17) is 14.2 Å². The molecule has 8 nitrogen and oxygen atoms in total. The van der Waals surface area contributed by atoms with Gasteiger partial charge in [-0.3, -0.25) is 19.4 Å². The fourth-order valence-electron chi connectivity index (χ4n) is 4.56. The van der Waals surface area contributed by atoms with Gasteiger partial charge < -0.3 is 19.5 Å². The largest absolute Gasteiger partial charge is 0.457 e. The molecular weight excluding hydrogens is 525 g/mol. The molecule has 41 heavy (non-hydrogen) atoms. The third kappa shape index (κ3) is 10.4. The Morgan fingerprint density at radius 2 is 1.49 bits per heavy atom. The maximum absolute atomic E-state index is 13.3. The van der Waals surface area contributed by atoms with Crippen molar-refractivity contribution in [3.05, 3.63) is 95.8 Å². The van der Waals surface area contributed by atoms with Crippen LogP contribution in [-0.2, 0) is 32.1 Å². The molecule has 1 saturated heterocycles. The molecule has 1 atom stereocenters. The lowest BCUT2D eigenvalue weighted by atomic mass is 10.0. The zero-order valence-electron chi connectivity index (χ0n) is 23.5. The van der Waals surface area contributed by atoms with E-state index in [0.29, 0.717) is 24.7 Å². The van der Waals surface area contributed by atoms with Crippen molar-refractivity contribution in [2.45, 2.75) is 19.1 Å². The molecule has 1 aliphatic rings. The number of carbonyl (C=O) groups excluding carboxylic acids is 2. The summed E-state index contributed by atoms with van der Waals surface area (Å²) in [6.07, 6.45) is 0.134. The summed E-state index contributed by atoms with van der Waals surface area (Å²) in [5.74, 6) is 0.431. The van der Waals surface area contributed by atoms with Crippen LogP contribution in [0.15, 0.2) is 78.9 Å². The standard InChI is InChI=1S/C32H38FN3O5/c1-39-20-19-35-15-17-36(18-16-35)22-32(38)34-30(24-40-23-26-5-3-2-4-6-26)31(37)21-25-7-11-28(12-8-25)41-29-13-9-27(33)10-14-29/h2-14,30H,15-24H2,1H3,(H,34,38)/t30-/m0/s1. The number of ether oxygens (including phenoxy) is 3. The highest BCUT2D eigenvalue weighted by Gasteiger charge is 2.24. The van der Waals surface area contributed by atoms with Crippen LogP contribution in [0.2, 0.25) is 0 Å². The summed E-state index contributed by atoms with van der Waals surface area (Å²) in [6.45, 7) is 5.55. The Morgan fingerprint density at radius 3 is 2.15 bits per heavy atom. The van der Waals surface area contributed by atoms with E-state index >= 15 is 0 Å². The summed E-state index contributed by atoms with van der Waals surface area (Å²) in [7, 11) is 1.70. The number of amides is 1. The maximum atomic E-state index is 13.3. The second-order valence-electron chi connectivity index (χ2n) is 10.1. The summed E-state index contributed by atoms with van der Waals surface area (Å²) in [4.78, 5) is 30.7. The Bertz CT molecular complexity index is 1220. The molecule has 0 bridgehead atoms. The lowest BCUT2D eigenvalue weighted by molar-refractivity contribution is -0.130. The van der Waals surface area contributed by atoms with Gasteiger partial charge in [0.2, 0.25) is 5.91 Å². The number of methoxy groups -OCH3 is 1. The topological polar surface area (TPSA) is 80.3 Å². The van der Waals surface area contributed by atoms with E-state index in [1.807, 2.05) is 42.5 Å². The number of hydrogen-bond donors (Lipinski definition) is 1. The van der Waals surface area contributed by atoms with Crippen molar-refractivity contribution in [1.29, 1.82) is 0 Å². The van der Waals surface area contributed by atoms with E-state index < -0.39 is 6.04 Å². The van der Waals surface area contributed by atoms with Gasteiger partial charge in [-0.25, -0.2) is 4.39 Å². The van der Waals surface area contributed by atoms with Crippen molar-refractivity contribution < 1.29 is 28.2 Å². The van der Waals surface area contributed by atoms with Gasteiger partial charge in [0.25, 0.3) is 0 Å². The Balaban J connectivity index is 1.32. The van der Waals surface area contributed by atoms with Gasteiger partial charge >= 0.3 is 0 Å². The molecule has 3 aromatic rings. The number of hydrogen-bond acceptors (Lipinski definition) is 7. The zero-order valence-corrected chi connectivity index (χ0v) is 23.5. The van der Waals surface area contributed by atoms with Crippen molar-refractivity contribution >= 4 is 11.7 Å². The number of carbonyl (C=O) groups is 2. The van der Waals surface area contributed by atoms with Crippen LogP contribution in [-0.4, -0.2) is 87.1 Å². The molecule has 1 heterocycles. The van der Waals surface area contributed by atoms with Crippen molar-refractivity contribution in [2.24, 2.45) is 0 Å². The smallest absolute Gasteiger partial charge is 0.234 e. The van der Waals surface area contributed by atoms with Crippen LogP contribution in [0.3, 0.4) is 0 Å². The van der Waals surface area contributed by atoms with Gasteiger partial charge in [0, 0.05) is 46.3 Å². The van der Waals surface area contributed by atoms with Crippen molar-refractivity contribution in [2.75, 3.05) is 59.6 Å². The first-order valence-corrected chi connectivity index (χ1v) is 13.9. The molecule has 0 spiro atoms. The predicted octanol–water partition coefficient (Wildman–Crippen LogP) is 3.70. The summed E-state index contributed by atoms with van der Waals surface area (Å²) < 4.78 is 29.9. The van der Waals surface area contributed by atoms with Crippen LogP contribution < -0.4 is 10.1 Å². The highest BCUT2D eigenvalue weighted by atomic mass is 19.1. The molecular formula is C32H38FN3O5. The van der Waals surface area contributed by atoms with Gasteiger partial charge in [0.15, 0.2) is 5.78 Å². The average molecular weight is 564 g/mol. The highest BCUT2D eigenvalue weighted by Crippen LogP contribution is 2.22. The van der Waals surface area contributed by atoms with E-state index in [1.165, 1.54) is 12.1 Å². The first-order valence-electron chi connectivity index (χ1n) is 13.9. The first-order chi connectivity index (χ1) is 20.0. The summed E-state index contributed by atoms with van der Waals surface area (Å²) in [5, 5.41) is 2.92. The summed E-state index contributed by atoms with van der Waals surface area (Å²) in [5.41, 5.74) is 1.78. The van der Waals surface area contributed by atoms with Crippen molar-refractivity contribution in [3.8, 4) is 11.5 Å². The van der Waals surface area contributed by atoms with Gasteiger partial charge in [-0.2, -0.15) is 0 Å². The van der Waals surface area contributed by atoms with Gasteiger partial charge in [-0.15, -0.1) is 0 Å². The van der Waals surface area contributed by atoms with Crippen molar-refractivity contribution in [1.82, 2.24) is 15.1 Å². The molecule has 0 unspecified atom stereocenters. The minimum atomic E-state index is -0.774. The molecule has 218 valence electrons. The van der Waals surface area contributed by atoms with Gasteiger partial charge in [0.05, 0.1) is 26.4 Å².